The monoisotopic (exact) mass is 421 g/mol. The minimum absolute atomic E-state index is 0.00917. The van der Waals surface area contributed by atoms with Gasteiger partial charge in [-0.3, -0.25) is 9.69 Å². The number of hydrogen-bond acceptors (Lipinski definition) is 6. The molecule has 6 nitrogen and oxygen atoms in total. The molecule has 5 rings (SSSR count). The minimum Gasteiger partial charge on any atom is -0.477 e. The molecule has 0 amide bonds. The molecule has 6 heteroatoms. The lowest BCUT2D eigenvalue weighted by Gasteiger charge is -2.62. The van der Waals surface area contributed by atoms with Gasteiger partial charge < -0.3 is 14.6 Å². The molecule has 1 saturated carbocycles. The summed E-state index contributed by atoms with van der Waals surface area (Å²) in [6.45, 7) is 7.18. The van der Waals surface area contributed by atoms with Crippen molar-refractivity contribution in [2.24, 2.45) is 0 Å². The van der Waals surface area contributed by atoms with E-state index in [-0.39, 0.29) is 18.2 Å². The second-order valence-corrected chi connectivity index (χ2v) is 8.85. The van der Waals surface area contributed by atoms with E-state index in [0.717, 1.165) is 17.7 Å². The van der Waals surface area contributed by atoms with Crippen LogP contribution in [0.4, 0.5) is 0 Å². The topological polar surface area (TPSA) is 76.1 Å². The highest BCUT2D eigenvalue weighted by atomic mass is 16.6. The van der Waals surface area contributed by atoms with Crippen LogP contribution >= 0.6 is 0 Å². The van der Waals surface area contributed by atoms with Crippen molar-refractivity contribution < 1.29 is 24.2 Å². The average Bonchev–Trinajstić information content (AvgIpc) is 3.10. The van der Waals surface area contributed by atoms with Gasteiger partial charge in [0, 0.05) is 37.2 Å². The van der Waals surface area contributed by atoms with Crippen molar-refractivity contribution in [3.05, 3.63) is 60.2 Å². The zero-order valence-electron chi connectivity index (χ0n) is 17.7. The normalized spacial score (nSPS) is 33.4. The third-order valence-electron chi connectivity index (χ3n) is 7.46. The molecule has 1 N–H and O–H groups in total. The van der Waals surface area contributed by atoms with Gasteiger partial charge in [-0.1, -0.05) is 30.4 Å². The van der Waals surface area contributed by atoms with Crippen LogP contribution in [-0.2, 0) is 21.4 Å². The molecule has 1 aromatic carbocycles. The summed E-state index contributed by atoms with van der Waals surface area (Å²) in [4.78, 5) is 27.5. The molecule has 4 aliphatic rings. The van der Waals surface area contributed by atoms with E-state index in [1.165, 1.54) is 6.08 Å². The number of allylic oxidation sites excluding steroid dienone is 3. The van der Waals surface area contributed by atoms with Crippen LogP contribution in [0.3, 0.4) is 0 Å². The van der Waals surface area contributed by atoms with Gasteiger partial charge in [0.1, 0.15) is 0 Å². The SMILES string of the molecule is C=CCN1CC[C@]23c4c5ccc(OC(=O)/C=C/C=C/C)c4O[C@H]2C(=O)CC[C@@]3(O)[C@H]1C5. The molecule has 0 radical (unpaired) electrons. The molecule has 2 aliphatic heterocycles. The van der Waals surface area contributed by atoms with Crippen molar-refractivity contribution in [3.63, 3.8) is 0 Å². The number of ketones is 1. The average molecular weight is 421 g/mol. The summed E-state index contributed by atoms with van der Waals surface area (Å²) >= 11 is 0. The molecule has 2 fully saturated rings. The second kappa shape index (κ2) is 7.18. The van der Waals surface area contributed by atoms with Gasteiger partial charge in [0.15, 0.2) is 23.4 Å². The lowest BCUT2D eigenvalue weighted by molar-refractivity contribution is -0.187. The number of piperidine rings is 1. The number of nitrogens with zero attached hydrogens (tertiary/aromatic N) is 1. The second-order valence-electron chi connectivity index (χ2n) is 8.85. The minimum atomic E-state index is -1.07. The number of aliphatic hydroxyl groups is 1. The standard InChI is InChI=1S/C25H27NO5/c1-3-5-6-7-20(28)30-18-9-8-16-15-19-25(29)11-10-17(27)23-24(25,21(16)22(18)31-23)12-14-26(19)13-4-2/h3-9,19,23,29H,2,10-15H2,1H3/b5-3+,7-6+/t19-,23+,24+,25-/m1/s1. The van der Waals surface area contributed by atoms with Crippen LogP contribution in [0.15, 0.2) is 49.1 Å². The van der Waals surface area contributed by atoms with Crippen molar-refractivity contribution in [2.45, 2.75) is 55.8 Å². The molecular weight excluding hydrogens is 394 g/mol. The Morgan fingerprint density at radius 3 is 3.00 bits per heavy atom. The summed E-state index contributed by atoms with van der Waals surface area (Å²) in [6.07, 6.45) is 9.61. The summed E-state index contributed by atoms with van der Waals surface area (Å²) < 4.78 is 11.8. The van der Waals surface area contributed by atoms with Crippen LogP contribution in [0.5, 0.6) is 11.5 Å². The fourth-order valence-electron chi connectivity index (χ4n) is 6.25. The Morgan fingerprint density at radius 2 is 2.23 bits per heavy atom. The highest BCUT2D eigenvalue weighted by Gasteiger charge is 2.73. The summed E-state index contributed by atoms with van der Waals surface area (Å²) in [5.74, 6) is 0.246. The first kappa shape index (κ1) is 20.2. The lowest BCUT2D eigenvalue weighted by Crippen LogP contribution is -2.76. The number of Topliss-reactive ketones (excluding diaryl/α,β-unsaturated/α-hetero) is 1. The predicted molar refractivity (Wildman–Crippen MR) is 115 cm³/mol. The van der Waals surface area contributed by atoms with Crippen molar-refractivity contribution >= 4 is 11.8 Å². The zero-order chi connectivity index (χ0) is 21.8. The first-order chi connectivity index (χ1) is 15.0. The Kier molecular flexibility index (Phi) is 4.68. The fraction of sp³-hybridized carbons (Fsp3) is 0.440. The van der Waals surface area contributed by atoms with E-state index in [0.29, 0.717) is 37.3 Å². The Bertz CT molecular complexity index is 1030. The number of carbonyl (C=O) groups is 2. The number of carbonyl (C=O) groups excluding carboxylic acids is 2. The zero-order valence-corrected chi connectivity index (χ0v) is 17.7. The third kappa shape index (κ3) is 2.64. The van der Waals surface area contributed by atoms with Gasteiger partial charge in [-0.2, -0.15) is 0 Å². The molecule has 1 aromatic rings. The number of likely N-dealkylation sites (tertiary alicyclic amines) is 1. The van der Waals surface area contributed by atoms with E-state index in [1.807, 2.05) is 25.1 Å². The molecule has 0 unspecified atom stereocenters. The van der Waals surface area contributed by atoms with E-state index >= 15 is 0 Å². The molecule has 162 valence electrons. The summed E-state index contributed by atoms with van der Waals surface area (Å²) in [5.41, 5.74) is 0.0567. The molecule has 1 saturated heterocycles. The molecule has 2 aliphatic carbocycles. The fourth-order valence-corrected chi connectivity index (χ4v) is 6.25. The van der Waals surface area contributed by atoms with Gasteiger partial charge in [0.25, 0.3) is 0 Å². The van der Waals surface area contributed by atoms with Gasteiger partial charge >= 0.3 is 5.97 Å². The van der Waals surface area contributed by atoms with Gasteiger partial charge in [-0.25, -0.2) is 4.79 Å². The van der Waals surface area contributed by atoms with Gasteiger partial charge in [0.2, 0.25) is 0 Å². The van der Waals surface area contributed by atoms with E-state index in [4.69, 9.17) is 9.47 Å². The Hall–Kier alpha value is -2.70. The van der Waals surface area contributed by atoms with Gasteiger partial charge in [-0.15, -0.1) is 6.58 Å². The number of rotatable bonds is 5. The van der Waals surface area contributed by atoms with Crippen molar-refractivity contribution in [3.8, 4) is 11.5 Å². The van der Waals surface area contributed by atoms with Gasteiger partial charge in [0.05, 0.1) is 11.0 Å². The Labute approximate surface area is 181 Å². The van der Waals surface area contributed by atoms with Crippen molar-refractivity contribution in [2.75, 3.05) is 13.1 Å². The number of hydrogen-bond donors (Lipinski definition) is 1. The first-order valence-electron chi connectivity index (χ1n) is 10.9. The van der Waals surface area contributed by atoms with Crippen molar-refractivity contribution in [1.29, 1.82) is 0 Å². The Morgan fingerprint density at radius 1 is 1.39 bits per heavy atom. The maximum atomic E-state index is 13.0. The number of benzene rings is 1. The predicted octanol–water partition coefficient (Wildman–Crippen LogP) is 2.63. The quantitative estimate of drug-likeness (QED) is 0.259. The molecule has 2 heterocycles. The number of ether oxygens (including phenoxy) is 2. The van der Waals surface area contributed by atoms with E-state index in [9.17, 15) is 14.7 Å². The lowest BCUT2D eigenvalue weighted by atomic mass is 9.49. The molecule has 31 heavy (non-hydrogen) atoms. The van der Waals surface area contributed by atoms with Crippen molar-refractivity contribution in [1.82, 2.24) is 4.90 Å². The first-order valence-corrected chi connectivity index (χ1v) is 10.9. The van der Waals surface area contributed by atoms with E-state index in [2.05, 4.69) is 11.5 Å². The third-order valence-corrected chi connectivity index (χ3v) is 7.46. The maximum absolute atomic E-state index is 13.0. The summed E-state index contributed by atoms with van der Waals surface area (Å²) in [6, 6.07) is 3.59. The molecular formula is C25H27NO5. The Balaban J connectivity index is 1.62. The molecule has 1 spiro atoms. The van der Waals surface area contributed by atoms with Crippen LogP contribution in [0.2, 0.25) is 0 Å². The summed E-state index contributed by atoms with van der Waals surface area (Å²) in [7, 11) is 0. The van der Waals surface area contributed by atoms with Crippen LogP contribution in [0, 0.1) is 0 Å². The van der Waals surface area contributed by atoms with E-state index in [1.54, 1.807) is 18.2 Å². The highest BCUT2D eigenvalue weighted by Crippen LogP contribution is 2.64. The van der Waals surface area contributed by atoms with Crippen LogP contribution in [0.1, 0.15) is 37.3 Å². The maximum Gasteiger partial charge on any atom is 0.336 e. The highest BCUT2D eigenvalue weighted by molar-refractivity contribution is 5.90. The van der Waals surface area contributed by atoms with E-state index < -0.39 is 23.1 Å². The smallest absolute Gasteiger partial charge is 0.336 e. The molecule has 4 atom stereocenters. The number of esters is 1. The molecule has 2 bridgehead atoms. The summed E-state index contributed by atoms with van der Waals surface area (Å²) in [5, 5.41) is 12.1. The largest absolute Gasteiger partial charge is 0.477 e. The van der Waals surface area contributed by atoms with Crippen LogP contribution < -0.4 is 9.47 Å². The van der Waals surface area contributed by atoms with Gasteiger partial charge in [-0.05, 0) is 37.8 Å². The molecule has 0 aromatic heterocycles. The van der Waals surface area contributed by atoms with Crippen LogP contribution in [0.25, 0.3) is 0 Å². The van der Waals surface area contributed by atoms with Crippen LogP contribution in [-0.4, -0.2) is 52.6 Å².